The van der Waals surface area contributed by atoms with E-state index in [1.807, 2.05) is 23.1 Å². The lowest BCUT2D eigenvalue weighted by molar-refractivity contribution is 0.0463. The molecule has 3 heterocycles. The highest BCUT2D eigenvalue weighted by molar-refractivity contribution is 5.97. The average molecular weight is 286 g/mol. The molecule has 1 aromatic heterocycles. The third-order valence-corrected chi connectivity index (χ3v) is 4.70. The Balaban J connectivity index is 1.58. The second kappa shape index (κ2) is 4.80. The maximum absolute atomic E-state index is 12.7. The fourth-order valence-electron chi connectivity index (χ4n) is 3.51. The maximum atomic E-state index is 12.7. The molecule has 21 heavy (non-hydrogen) atoms. The molecule has 0 bridgehead atoms. The van der Waals surface area contributed by atoms with Crippen LogP contribution in [0, 0.1) is 5.41 Å². The third kappa shape index (κ3) is 2.19. The van der Waals surface area contributed by atoms with Crippen LogP contribution in [-0.4, -0.2) is 52.5 Å². The molecule has 0 aliphatic carbocycles. The lowest BCUT2D eigenvalue weighted by Crippen LogP contribution is -2.46. The highest BCUT2D eigenvalue weighted by atomic mass is 16.5. The summed E-state index contributed by atoms with van der Waals surface area (Å²) in [4.78, 5) is 14.7. The van der Waals surface area contributed by atoms with Crippen molar-refractivity contribution in [2.45, 2.75) is 19.3 Å². The van der Waals surface area contributed by atoms with Crippen LogP contribution in [0.4, 0.5) is 0 Å². The molecule has 0 radical (unpaired) electrons. The van der Waals surface area contributed by atoms with Crippen LogP contribution in [0.1, 0.15) is 29.6 Å². The Labute approximate surface area is 122 Å². The molecule has 2 fully saturated rings. The zero-order chi connectivity index (χ0) is 14.3. The quantitative estimate of drug-likeness (QED) is 0.864. The molecule has 0 saturated carbocycles. The van der Waals surface area contributed by atoms with Gasteiger partial charge in [0.25, 0.3) is 5.91 Å². The number of hydrogen-bond donors (Lipinski definition) is 1. The molecule has 6 nitrogen and oxygen atoms in total. The van der Waals surface area contributed by atoms with Crippen molar-refractivity contribution in [3.63, 3.8) is 0 Å². The van der Waals surface area contributed by atoms with Crippen molar-refractivity contribution in [2.75, 3.05) is 26.3 Å². The largest absolute Gasteiger partial charge is 0.381 e. The van der Waals surface area contributed by atoms with E-state index in [9.17, 15) is 4.79 Å². The second-order valence-corrected chi connectivity index (χ2v) is 6.16. The fraction of sp³-hybridized carbons (Fsp3) is 0.533. The summed E-state index contributed by atoms with van der Waals surface area (Å²) in [6.07, 6.45) is 3.29. The van der Waals surface area contributed by atoms with Crippen molar-refractivity contribution in [3.05, 3.63) is 23.8 Å². The molecule has 1 atom stereocenters. The van der Waals surface area contributed by atoms with E-state index in [0.717, 1.165) is 50.2 Å². The highest BCUT2D eigenvalue weighted by Gasteiger charge is 2.40. The first-order valence-corrected chi connectivity index (χ1v) is 7.43. The summed E-state index contributed by atoms with van der Waals surface area (Å²) in [5.74, 6) is 0.0888. The van der Waals surface area contributed by atoms with Gasteiger partial charge < -0.3 is 9.64 Å². The molecule has 1 amide bonds. The number of nitrogens with one attached hydrogen (secondary N) is 1. The summed E-state index contributed by atoms with van der Waals surface area (Å²) in [7, 11) is 0. The van der Waals surface area contributed by atoms with E-state index < -0.39 is 0 Å². The van der Waals surface area contributed by atoms with Crippen molar-refractivity contribution in [2.24, 2.45) is 5.41 Å². The van der Waals surface area contributed by atoms with E-state index in [4.69, 9.17) is 4.74 Å². The summed E-state index contributed by atoms with van der Waals surface area (Å²) < 4.78 is 5.56. The van der Waals surface area contributed by atoms with Gasteiger partial charge >= 0.3 is 0 Å². The van der Waals surface area contributed by atoms with Crippen molar-refractivity contribution in [3.8, 4) is 0 Å². The number of hydrogen-bond acceptors (Lipinski definition) is 4. The monoisotopic (exact) mass is 286 g/mol. The summed E-state index contributed by atoms with van der Waals surface area (Å²) in [6, 6.07) is 5.48. The predicted octanol–water partition coefficient (Wildman–Crippen LogP) is 1.60. The molecule has 6 heteroatoms. The lowest BCUT2D eigenvalue weighted by Gasteiger charge is -2.39. The number of nitrogens with zero attached hydrogens (tertiary/aromatic N) is 3. The minimum atomic E-state index is 0.0888. The number of amides is 1. The van der Waals surface area contributed by atoms with E-state index in [0.29, 0.717) is 5.56 Å². The first-order valence-electron chi connectivity index (χ1n) is 7.43. The van der Waals surface area contributed by atoms with E-state index in [2.05, 4.69) is 15.4 Å². The van der Waals surface area contributed by atoms with Gasteiger partial charge in [-0.1, -0.05) is 0 Å². The number of ether oxygens (including phenoxy) is 1. The van der Waals surface area contributed by atoms with E-state index in [1.165, 1.54) is 6.42 Å². The zero-order valence-electron chi connectivity index (χ0n) is 11.8. The van der Waals surface area contributed by atoms with Gasteiger partial charge in [0.05, 0.1) is 6.61 Å². The van der Waals surface area contributed by atoms with Crippen LogP contribution in [0.2, 0.25) is 0 Å². The van der Waals surface area contributed by atoms with Crippen LogP contribution in [-0.2, 0) is 4.74 Å². The molecule has 2 aliphatic heterocycles. The number of carbonyl (C=O) groups is 1. The van der Waals surface area contributed by atoms with Crippen LogP contribution in [0.3, 0.4) is 0 Å². The van der Waals surface area contributed by atoms with Gasteiger partial charge in [-0.25, -0.2) is 0 Å². The van der Waals surface area contributed by atoms with Crippen LogP contribution < -0.4 is 0 Å². The molecule has 1 aromatic carbocycles. The number of carbonyl (C=O) groups excluding carboxylic acids is 1. The number of likely N-dealkylation sites (tertiary alicyclic amines) is 1. The summed E-state index contributed by atoms with van der Waals surface area (Å²) in [5, 5.41) is 10.6. The smallest absolute Gasteiger partial charge is 0.253 e. The number of fused-ring (bicyclic) bond motifs is 1. The molecule has 110 valence electrons. The van der Waals surface area contributed by atoms with Crippen LogP contribution >= 0.6 is 0 Å². The molecule has 4 rings (SSSR count). The molecular weight excluding hydrogens is 268 g/mol. The topological polar surface area (TPSA) is 71.1 Å². The molecule has 1 unspecified atom stereocenters. The minimum Gasteiger partial charge on any atom is -0.381 e. The van der Waals surface area contributed by atoms with E-state index >= 15 is 0 Å². The van der Waals surface area contributed by atoms with Crippen LogP contribution in [0.25, 0.3) is 11.0 Å². The molecule has 2 aromatic rings. The standard InChI is InChI=1S/C15H18N4O2/c20-14(11-2-3-12-13(8-11)17-18-16-12)19-6-1-4-15(9-19)5-7-21-10-15/h2-3,8H,1,4-7,9-10H2,(H,16,17,18). The first kappa shape index (κ1) is 12.8. The molecule has 1 spiro atoms. The molecule has 2 saturated heterocycles. The number of aromatic nitrogens is 3. The Morgan fingerprint density at radius 3 is 3.05 bits per heavy atom. The SMILES string of the molecule is O=C(c1ccc2n[nH]nc2c1)N1CCCC2(CCOC2)C1. The Hall–Kier alpha value is -1.95. The number of benzene rings is 1. The Kier molecular flexibility index (Phi) is 2.92. The summed E-state index contributed by atoms with van der Waals surface area (Å²) in [6.45, 7) is 3.26. The van der Waals surface area contributed by atoms with Gasteiger partial charge in [0, 0.05) is 30.7 Å². The molecular formula is C15H18N4O2. The van der Waals surface area contributed by atoms with Gasteiger partial charge in [0.2, 0.25) is 0 Å². The summed E-state index contributed by atoms with van der Waals surface area (Å²) >= 11 is 0. The number of aromatic amines is 1. The predicted molar refractivity (Wildman–Crippen MR) is 76.9 cm³/mol. The third-order valence-electron chi connectivity index (χ3n) is 4.70. The highest BCUT2D eigenvalue weighted by Crippen LogP contribution is 2.38. The normalized spacial score (nSPS) is 25.8. The maximum Gasteiger partial charge on any atom is 0.253 e. The van der Waals surface area contributed by atoms with Gasteiger partial charge in [-0.3, -0.25) is 4.79 Å². The van der Waals surface area contributed by atoms with Gasteiger partial charge in [0.15, 0.2) is 0 Å². The zero-order valence-corrected chi connectivity index (χ0v) is 11.8. The Morgan fingerprint density at radius 1 is 1.29 bits per heavy atom. The number of rotatable bonds is 1. The lowest BCUT2D eigenvalue weighted by atomic mass is 9.79. The van der Waals surface area contributed by atoms with Crippen LogP contribution in [0.5, 0.6) is 0 Å². The van der Waals surface area contributed by atoms with Gasteiger partial charge in [-0.2, -0.15) is 15.4 Å². The average Bonchev–Trinajstić information content (AvgIpc) is 3.15. The molecule has 2 aliphatic rings. The first-order chi connectivity index (χ1) is 10.3. The number of piperidine rings is 1. The number of H-pyrrole nitrogens is 1. The molecule has 1 N–H and O–H groups in total. The van der Waals surface area contributed by atoms with Crippen LogP contribution in [0.15, 0.2) is 18.2 Å². The van der Waals surface area contributed by atoms with E-state index in [1.54, 1.807) is 0 Å². The fourth-order valence-corrected chi connectivity index (χ4v) is 3.51. The van der Waals surface area contributed by atoms with Crippen molar-refractivity contribution >= 4 is 16.9 Å². The van der Waals surface area contributed by atoms with Gasteiger partial charge in [-0.15, -0.1) is 0 Å². The Bertz CT molecular complexity index is 675. The van der Waals surface area contributed by atoms with Gasteiger partial charge in [0.1, 0.15) is 11.0 Å². The minimum absolute atomic E-state index is 0.0888. The second-order valence-electron chi connectivity index (χ2n) is 6.16. The van der Waals surface area contributed by atoms with Crippen molar-refractivity contribution in [1.29, 1.82) is 0 Å². The van der Waals surface area contributed by atoms with Crippen molar-refractivity contribution < 1.29 is 9.53 Å². The van der Waals surface area contributed by atoms with Crippen molar-refractivity contribution in [1.82, 2.24) is 20.3 Å². The Morgan fingerprint density at radius 2 is 2.19 bits per heavy atom. The summed E-state index contributed by atoms with van der Waals surface area (Å²) in [5.41, 5.74) is 2.39. The van der Waals surface area contributed by atoms with Gasteiger partial charge in [-0.05, 0) is 37.5 Å². The van der Waals surface area contributed by atoms with E-state index in [-0.39, 0.29) is 11.3 Å².